The minimum Gasteiger partial charge on any atom is -0.383 e. The van der Waals surface area contributed by atoms with Gasteiger partial charge >= 0.3 is 0 Å². The van der Waals surface area contributed by atoms with Gasteiger partial charge in [-0.3, -0.25) is 4.79 Å². The molecular formula is C25H25Cl2N5O. The number of hydrogen-bond donors (Lipinski definition) is 2. The van der Waals surface area contributed by atoms with Gasteiger partial charge in [-0.15, -0.1) is 0 Å². The van der Waals surface area contributed by atoms with Crippen LogP contribution in [-0.2, 0) is 4.79 Å². The van der Waals surface area contributed by atoms with Crippen molar-refractivity contribution < 1.29 is 4.79 Å². The number of nitrogens with one attached hydrogen (secondary N) is 2. The zero-order valence-electron chi connectivity index (χ0n) is 18.3. The van der Waals surface area contributed by atoms with E-state index in [0.717, 1.165) is 42.2 Å². The summed E-state index contributed by atoms with van der Waals surface area (Å²) in [6, 6.07) is 17.2. The number of carbonyl (C=O) groups excluding carboxylic acids is 1. The number of carbonyl (C=O) groups is 1. The molecular weight excluding hydrogens is 457 g/mol. The van der Waals surface area contributed by atoms with Crippen molar-refractivity contribution in [2.24, 2.45) is 0 Å². The van der Waals surface area contributed by atoms with E-state index in [1.54, 1.807) is 12.3 Å². The van der Waals surface area contributed by atoms with Crippen LogP contribution in [0.2, 0.25) is 10.0 Å². The van der Waals surface area contributed by atoms with Crippen LogP contribution in [0, 0.1) is 0 Å². The summed E-state index contributed by atoms with van der Waals surface area (Å²) in [6.45, 7) is 3.39. The Kier molecular flexibility index (Phi) is 6.04. The third-order valence-corrected chi connectivity index (χ3v) is 7.09. The summed E-state index contributed by atoms with van der Waals surface area (Å²) in [6.07, 6.45) is 3.68. The maximum atomic E-state index is 14.0. The molecule has 0 aliphatic carbocycles. The van der Waals surface area contributed by atoms with Crippen LogP contribution in [0.15, 0.2) is 72.1 Å². The Labute approximate surface area is 203 Å². The quantitative estimate of drug-likeness (QED) is 0.498. The normalized spacial score (nSPS) is 19.9. The summed E-state index contributed by atoms with van der Waals surface area (Å²) in [5.41, 5.74) is 3.43. The van der Waals surface area contributed by atoms with E-state index in [1.165, 1.54) is 0 Å². The lowest BCUT2D eigenvalue weighted by Crippen LogP contribution is -2.43. The van der Waals surface area contributed by atoms with Crippen molar-refractivity contribution in [2.75, 3.05) is 23.7 Å². The molecule has 1 aromatic heterocycles. The predicted octanol–water partition coefficient (Wildman–Crippen LogP) is 5.58. The fourth-order valence-electron chi connectivity index (χ4n) is 4.74. The van der Waals surface area contributed by atoms with Crippen LogP contribution in [0.1, 0.15) is 31.4 Å². The molecule has 2 aliphatic heterocycles. The third kappa shape index (κ3) is 4.21. The number of amides is 1. The second-order valence-electron chi connectivity index (χ2n) is 8.44. The maximum Gasteiger partial charge on any atom is 0.254 e. The Morgan fingerprint density at radius 3 is 2.76 bits per heavy atom. The van der Waals surface area contributed by atoms with Crippen molar-refractivity contribution in [3.63, 3.8) is 0 Å². The zero-order chi connectivity index (χ0) is 22.9. The Bertz CT molecular complexity index is 1210. The van der Waals surface area contributed by atoms with Gasteiger partial charge in [0.05, 0.1) is 21.8 Å². The lowest BCUT2D eigenvalue weighted by atomic mass is 9.94. The van der Waals surface area contributed by atoms with E-state index in [0.29, 0.717) is 22.2 Å². The van der Waals surface area contributed by atoms with Crippen molar-refractivity contribution >= 4 is 40.6 Å². The highest BCUT2D eigenvalue weighted by molar-refractivity contribution is 6.42. The molecule has 2 N–H and O–H groups in total. The Morgan fingerprint density at radius 2 is 1.97 bits per heavy atom. The number of hydrogen-bond acceptors (Lipinski definition) is 4. The predicted molar refractivity (Wildman–Crippen MR) is 133 cm³/mol. The molecule has 0 spiro atoms. The molecule has 2 atom stereocenters. The summed E-state index contributed by atoms with van der Waals surface area (Å²) in [7, 11) is 0. The third-order valence-electron chi connectivity index (χ3n) is 6.35. The van der Waals surface area contributed by atoms with Crippen LogP contribution >= 0.6 is 23.2 Å². The molecule has 0 radical (unpaired) electrons. The van der Waals surface area contributed by atoms with Gasteiger partial charge in [-0.05, 0) is 49.6 Å². The molecule has 6 nitrogen and oxygen atoms in total. The van der Waals surface area contributed by atoms with Gasteiger partial charge in [0.25, 0.3) is 5.91 Å². The van der Waals surface area contributed by atoms with Crippen molar-refractivity contribution in [3.8, 4) is 0 Å². The van der Waals surface area contributed by atoms with E-state index >= 15 is 0 Å². The van der Waals surface area contributed by atoms with E-state index in [9.17, 15) is 4.79 Å². The highest BCUT2D eigenvalue weighted by atomic mass is 35.5. The van der Waals surface area contributed by atoms with Crippen LogP contribution in [-0.4, -0.2) is 39.7 Å². The first-order valence-electron chi connectivity index (χ1n) is 11.1. The van der Waals surface area contributed by atoms with E-state index < -0.39 is 0 Å². The van der Waals surface area contributed by atoms with Gasteiger partial charge in [0.15, 0.2) is 0 Å². The SMILES string of the molecule is CC1=C(C(=O)N2CCCC2CNc2ccccc2)C(c2ccc(Cl)c(Cl)c2)n2nccc2N1. The monoisotopic (exact) mass is 481 g/mol. The molecule has 3 heterocycles. The molecule has 1 amide bonds. The number of halogens is 2. The molecule has 3 aromatic rings. The van der Waals surface area contributed by atoms with Crippen LogP contribution in [0.25, 0.3) is 0 Å². The molecule has 8 heteroatoms. The molecule has 170 valence electrons. The largest absolute Gasteiger partial charge is 0.383 e. The van der Waals surface area contributed by atoms with E-state index in [-0.39, 0.29) is 18.0 Å². The first kappa shape index (κ1) is 21.9. The first-order valence-corrected chi connectivity index (χ1v) is 11.8. The molecule has 2 aromatic carbocycles. The number of anilines is 2. The Morgan fingerprint density at radius 1 is 1.15 bits per heavy atom. The van der Waals surface area contributed by atoms with Crippen molar-refractivity contribution in [1.82, 2.24) is 14.7 Å². The highest BCUT2D eigenvalue weighted by Gasteiger charge is 2.38. The number of rotatable bonds is 5. The molecule has 2 aliphatic rings. The molecule has 0 bridgehead atoms. The van der Waals surface area contributed by atoms with E-state index in [4.69, 9.17) is 23.2 Å². The van der Waals surface area contributed by atoms with Crippen LogP contribution in [0.3, 0.4) is 0 Å². The lowest BCUT2D eigenvalue weighted by molar-refractivity contribution is -0.128. The molecule has 33 heavy (non-hydrogen) atoms. The van der Waals surface area contributed by atoms with E-state index in [2.05, 4.69) is 15.7 Å². The van der Waals surface area contributed by atoms with Gasteiger partial charge in [-0.2, -0.15) is 5.10 Å². The standard InChI is InChI=1S/C25H25Cl2N5O/c1-16-23(25(33)31-13-5-8-19(31)15-28-18-6-3-2-4-7-18)24(32-22(30-16)11-12-29-32)17-9-10-20(26)21(27)14-17/h2-4,6-7,9-12,14,19,24,28,30H,5,8,13,15H2,1H3. The maximum absolute atomic E-state index is 14.0. The van der Waals surface area contributed by atoms with Gasteiger partial charge in [-0.25, -0.2) is 4.68 Å². The smallest absolute Gasteiger partial charge is 0.254 e. The molecule has 1 fully saturated rings. The fraction of sp³-hybridized carbons (Fsp3) is 0.280. The van der Waals surface area contributed by atoms with Crippen molar-refractivity contribution in [1.29, 1.82) is 0 Å². The summed E-state index contributed by atoms with van der Waals surface area (Å²) < 4.78 is 1.84. The minimum atomic E-state index is -0.387. The fourth-order valence-corrected chi connectivity index (χ4v) is 5.04. The summed E-state index contributed by atoms with van der Waals surface area (Å²) in [5.74, 6) is 0.860. The Hall–Kier alpha value is -2.96. The number of allylic oxidation sites excluding steroid dienone is 1. The second kappa shape index (κ2) is 9.12. The van der Waals surface area contributed by atoms with Crippen LogP contribution in [0.5, 0.6) is 0 Å². The average molecular weight is 482 g/mol. The summed E-state index contributed by atoms with van der Waals surface area (Å²) in [5, 5.41) is 12.3. The Balaban J connectivity index is 1.46. The topological polar surface area (TPSA) is 62.2 Å². The van der Waals surface area contributed by atoms with Crippen molar-refractivity contribution in [2.45, 2.75) is 31.8 Å². The molecule has 1 saturated heterocycles. The summed E-state index contributed by atoms with van der Waals surface area (Å²) >= 11 is 12.5. The van der Waals surface area contributed by atoms with E-state index in [1.807, 2.05) is 65.0 Å². The number of likely N-dealkylation sites (tertiary alicyclic amines) is 1. The number of benzene rings is 2. The summed E-state index contributed by atoms with van der Waals surface area (Å²) in [4.78, 5) is 16.0. The van der Waals surface area contributed by atoms with Gasteiger partial charge in [0, 0.05) is 36.6 Å². The van der Waals surface area contributed by atoms with Gasteiger partial charge in [-0.1, -0.05) is 47.5 Å². The number of nitrogens with zero attached hydrogens (tertiary/aromatic N) is 3. The molecule has 0 saturated carbocycles. The number of para-hydroxylation sites is 1. The number of fused-ring (bicyclic) bond motifs is 1. The lowest BCUT2D eigenvalue weighted by Gasteiger charge is -2.34. The molecule has 5 rings (SSSR count). The minimum absolute atomic E-state index is 0.0228. The number of aromatic nitrogens is 2. The van der Waals surface area contributed by atoms with Crippen LogP contribution in [0.4, 0.5) is 11.5 Å². The first-order chi connectivity index (χ1) is 16.0. The van der Waals surface area contributed by atoms with Crippen LogP contribution < -0.4 is 10.6 Å². The molecule has 2 unspecified atom stereocenters. The highest BCUT2D eigenvalue weighted by Crippen LogP contribution is 2.39. The van der Waals surface area contributed by atoms with Gasteiger partial charge in [0.1, 0.15) is 11.9 Å². The second-order valence-corrected chi connectivity index (χ2v) is 9.26. The van der Waals surface area contributed by atoms with Gasteiger partial charge < -0.3 is 15.5 Å². The average Bonchev–Trinajstić information content (AvgIpc) is 3.48. The zero-order valence-corrected chi connectivity index (χ0v) is 19.8. The van der Waals surface area contributed by atoms with Gasteiger partial charge in [0.2, 0.25) is 0 Å². The van der Waals surface area contributed by atoms with Crippen molar-refractivity contribution in [3.05, 3.63) is 87.7 Å².